The van der Waals surface area contributed by atoms with E-state index in [9.17, 15) is 4.79 Å². The number of hydrogen-bond acceptors (Lipinski definition) is 5. The molecule has 3 aromatic rings. The molecule has 182 valence electrons. The molecule has 1 atom stereocenters. The highest BCUT2D eigenvalue weighted by Crippen LogP contribution is 2.35. The zero-order valence-corrected chi connectivity index (χ0v) is 20.6. The second kappa shape index (κ2) is 10.1. The summed E-state index contributed by atoms with van der Waals surface area (Å²) in [5, 5.41) is 3.11. The number of urea groups is 1. The van der Waals surface area contributed by atoms with Gasteiger partial charge in [-0.05, 0) is 54.0 Å². The molecule has 0 radical (unpaired) electrons. The molecule has 0 spiro atoms. The van der Waals surface area contributed by atoms with Gasteiger partial charge in [-0.3, -0.25) is 0 Å². The number of piperazine rings is 1. The number of nitrogens with one attached hydrogen (secondary N) is 1. The fraction of sp³-hybridized carbons (Fsp3) is 0.276. The van der Waals surface area contributed by atoms with Crippen LogP contribution >= 0.6 is 0 Å². The maximum atomic E-state index is 12.9. The Bertz CT molecular complexity index is 1330. The van der Waals surface area contributed by atoms with E-state index >= 15 is 0 Å². The van der Waals surface area contributed by atoms with E-state index in [4.69, 9.17) is 11.2 Å². The smallest absolute Gasteiger partial charge is 0.317 e. The monoisotopic (exact) mass is 479 g/mol. The van der Waals surface area contributed by atoms with E-state index in [2.05, 4.69) is 44.3 Å². The van der Waals surface area contributed by atoms with E-state index in [1.807, 2.05) is 48.2 Å². The molecule has 2 heterocycles. The van der Waals surface area contributed by atoms with Crippen LogP contribution in [0.5, 0.6) is 5.75 Å². The Morgan fingerprint density at radius 3 is 2.61 bits per heavy atom. The summed E-state index contributed by atoms with van der Waals surface area (Å²) in [5.74, 6) is 4.37. The highest BCUT2D eigenvalue weighted by atomic mass is 16.5. The lowest BCUT2D eigenvalue weighted by Gasteiger charge is -2.36. The molecule has 7 nitrogen and oxygen atoms in total. The summed E-state index contributed by atoms with van der Waals surface area (Å²) in [7, 11) is 1.64. The van der Waals surface area contributed by atoms with Crippen LogP contribution in [0, 0.1) is 12.3 Å². The molecule has 2 aromatic carbocycles. The number of carbonyl (C=O) groups is 1. The van der Waals surface area contributed by atoms with Crippen molar-refractivity contribution < 1.29 is 9.53 Å². The fourth-order valence-corrected chi connectivity index (χ4v) is 4.73. The second-order valence-corrected chi connectivity index (χ2v) is 9.05. The zero-order chi connectivity index (χ0) is 25.1. The summed E-state index contributed by atoms with van der Waals surface area (Å²) in [5.41, 5.74) is 6.33. The van der Waals surface area contributed by atoms with Gasteiger partial charge in [-0.15, -0.1) is 6.42 Å². The van der Waals surface area contributed by atoms with Crippen LogP contribution in [0.4, 0.5) is 10.6 Å². The minimum atomic E-state index is -0.117. The van der Waals surface area contributed by atoms with Crippen molar-refractivity contribution >= 4 is 23.5 Å². The number of benzene rings is 2. The number of anilines is 1. The third-order valence-electron chi connectivity index (χ3n) is 6.84. The second-order valence-electron chi connectivity index (χ2n) is 9.05. The van der Waals surface area contributed by atoms with Crippen molar-refractivity contribution in [2.45, 2.75) is 19.4 Å². The molecular formula is C29H29N5O2. The molecule has 0 unspecified atom stereocenters. The summed E-state index contributed by atoms with van der Waals surface area (Å²) in [6.45, 7) is 4.66. The van der Waals surface area contributed by atoms with Crippen LogP contribution in [-0.4, -0.2) is 54.2 Å². The van der Waals surface area contributed by atoms with Crippen LogP contribution in [0.15, 0.2) is 54.9 Å². The molecule has 1 N–H and O–H groups in total. The molecule has 36 heavy (non-hydrogen) atoms. The molecular weight excluding hydrogens is 450 g/mol. The lowest BCUT2D eigenvalue weighted by atomic mass is 10.0. The van der Waals surface area contributed by atoms with E-state index in [-0.39, 0.29) is 12.1 Å². The Balaban J connectivity index is 1.23. The Hall–Kier alpha value is -4.31. The van der Waals surface area contributed by atoms with E-state index < -0.39 is 0 Å². The van der Waals surface area contributed by atoms with Gasteiger partial charge in [0.25, 0.3) is 0 Å². The van der Waals surface area contributed by atoms with Gasteiger partial charge < -0.3 is 19.9 Å². The van der Waals surface area contributed by atoms with Gasteiger partial charge in [0.1, 0.15) is 17.9 Å². The molecule has 1 saturated heterocycles. The molecule has 1 aliphatic heterocycles. The van der Waals surface area contributed by atoms with Crippen molar-refractivity contribution in [2.75, 3.05) is 38.2 Å². The average Bonchev–Trinajstić information content (AvgIpc) is 3.38. The minimum Gasteiger partial charge on any atom is -0.497 e. The number of ether oxygens (including phenoxy) is 1. The van der Waals surface area contributed by atoms with E-state index in [1.165, 1.54) is 5.57 Å². The van der Waals surface area contributed by atoms with Gasteiger partial charge in [-0.2, -0.15) is 0 Å². The van der Waals surface area contributed by atoms with Gasteiger partial charge in [0.15, 0.2) is 0 Å². The third kappa shape index (κ3) is 4.76. The largest absolute Gasteiger partial charge is 0.497 e. The maximum absolute atomic E-state index is 12.9. The Labute approximate surface area is 211 Å². The summed E-state index contributed by atoms with van der Waals surface area (Å²) in [6, 6.07) is 15.6. The third-order valence-corrected chi connectivity index (χ3v) is 6.84. The van der Waals surface area contributed by atoms with Gasteiger partial charge >= 0.3 is 6.03 Å². The number of hydrogen-bond donors (Lipinski definition) is 1. The van der Waals surface area contributed by atoms with Crippen molar-refractivity contribution in [1.82, 2.24) is 20.2 Å². The van der Waals surface area contributed by atoms with Crippen molar-refractivity contribution in [3.8, 4) is 18.1 Å². The van der Waals surface area contributed by atoms with Crippen molar-refractivity contribution in [1.29, 1.82) is 0 Å². The highest BCUT2D eigenvalue weighted by molar-refractivity contribution is 5.91. The topological polar surface area (TPSA) is 70.6 Å². The lowest BCUT2D eigenvalue weighted by Crippen LogP contribution is -2.52. The number of nitrogens with zero attached hydrogens (tertiary/aromatic N) is 4. The summed E-state index contributed by atoms with van der Waals surface area (Å²) < 4.78 is 5.30. The predicted octanol–water partition coefficient (Wildman–Crippen LogP) is 4.16. The quantitative estimate of drug-likeness (QED) is 0.557. The first-order valence-corrected chi connectivity index (χ1v) is 12.1. The van der Waals surface area contributed by atoms with Crippen LogP contribution in [0.1, 0.15) is 40.9 Å². The first-order valence-electron chi connectivity index (χ1n) is 12.1. The molecule has 0 bridgehead atoms. The van der Waals surface area contributed by atoms with Crippen molar-refractivity contribution in [2.24, 2.45) is 0 Å². The number of allylic oxidation sites excluding steroid dienone is 1. The molecule has 1 aromatic heterocycles. The summed E-state index contributed by atoms with van der Waals surface area (Å²) in [6.07, 6.45) is 10.1. The molecule has 2 amide bonds. The molecule has 1 aliphatic carbocycles. The van der Waals surface area contributed by atoms with E-state index in [0.29, 0.717) is 26.2 Å². The first kappa shape index (κ1) is 23.4. The normalized spacial score (nSPS) is 15.5. The molecule has 2 aliphatic rings. The van der Waals surface area contributed by atoms with E-state index in [1.54, 1.807) is 13.4 Å². The maximum Gasteiger partial charge on any atom is 0.317 e. The standard InChI is InChI=1S/C29H29N5O2/c1-4-21-8-10-22(11-9-21)24-17-26-27(18-24)30-19-31-28(26)33-12-14-34(15-13-33)29(35)32-20(2)23-6-5-7-25(16-23)36-3/h1,5-11,16-17,19-20H,12-15,18H2,2-3H3,(H,32,35)/t20-/m0/s1. The van der Waals surface area contributed by atoms with Crippen LogP contribution < -0.4 is 15.0 Å². The molecule has 0 saturated carbocycles. The van der Waals surface area contributed by atoms with Crippen LogP contribution in [-0.2, 0) is 6.42 Å². The number of carbonyl (C=O) groups excluding carboxylic acids is 1. The average molecular weight is 480 g/mol. The number of amides is 2. The Morgan fingerprint density at radius 2 is 1.89 bits per heavy atom. The number of terminal acetylenes is 1. The number of aromatic nitrogens is 2. The van der Waals surface area contributed by atoms with E-state index in [0.717, 1.165) is 45.9 Å². The van der Waals surface area contributed by atoms with Gasteiger partial charge in [0, 0.05) is 43.7 Å². The molecule has 7 heteroatoms. The van der Waals surface area contributed by atoms with Crippen LogP contribution in [0.25, 0.3) is 11.6 Å². The summed E-state index contributed by atoms with van der Waals surface area (Å²) in [4.78, 5) is 26.2. The molecule has 5 rings (SSSR count). The number of rotatable bonds is 5. The lowest BCUT2D eigenvalue weighted by molar-refractivity contribution is 0.191. The van der Waals surface area contributed by atoms with Gasteiger partial charge in [0.2, 0.25) is 0 Å². The van der Waals surface area contributed by atoms with Crippen LogP contribution in [0.3, 0.4) is 0 Å². The molecule has 1 fully saturated rings. The summed E-state index contributed by atoms with van der Waals surface area (Å²) >= 11 is 0. The predicted molar refractivity (Wildman–Crippen MR) is 142 cm³/mol. The van der Waals surface area contributed by atoms with Crippen molar-refractivity contribution in [3.05, 3.63) is 82.8 Å². The Morgan fingerprint density at radius 1 is 1.11 bits per heavy atom. The first-order chi connectivity index (χ1) is 17.6. The minimum absolute atomic E-state index is 0.0597. The highest BCUT2D eigenvalue weighted by Gasteiger charge is 2.27. The fourth-order valence-electron chi connectivity index (χ4n) is 4.73. The number of fused-ring (bicyclic) bond motifs is 1. The van der Waals surface area contributed by atoms with Gasteiger partial charge in [-0.25, -0.2) is 14.8 Å². The SMILES string of the molecule is C#Cc1ccc(C2=Cc3c(ncnc3N3CCN(C(=O)N[C@@H](C)c4cccc(OC)c4)CC3)C2)cc1. The van der Waals surface area contributed by atoms with Crippen molar-refractivity contribution in [3.63, 3.8) is 0 Å². The van der Waals surface area contributed by atoms with Gasteiger partial charge in [-0.1, -0.05) is 30.2 Å². The number of methoxy groups -OCH3 is 1. The zero-order valence-electron chi connectivity index (χ0n) is 20.6. The Kier molecular flexibility index (Phi) is 6.59. The van der Waals surface area contributed by atoms with Gasteiger partial charge in [0.05, 0.1) is 18.8 Å². The van der Waals surface area contributed by atoms with Crippen LogP contribution in [0.2, 0.25) is 0 Å².